The van der Waals surface area contributed by atoms with Crippen molar-refractivity contribution in [2.45, 2.75) is 18.7 Å². The zero-order chi connectivity index (χ0) is 21.0. The first-order valence-corrected chi connectivity index (χ1v) is 10.4. The molecule has 7 heteroatoms. The number of ether oxygens (including phenoxy) is 1. The van der Waals surface area contributed by atoms with E-state index in [0.29, 0.717) is 17.1 Å². The van der Waals surface area contributed by atoms with E-state index in [0.717, 1.165) is 11.1 Å². The molecule has 0 heterocycles. The Bertz CT molecular complexity index is 1140. The predicted octanol–water partition coefficient (Wildman–Crippen LogP) is 4.37. The van der Waals surface area contributed by atoms with E-state index >= 15 is 0 Å². The molecule has 0 saturated heterocycles. The van der Waals surface area contributed by atoms with Crippen LogP contribution in [0.4, 0.5) is 11.4 Å². The summed E-state index contributed by atoms with van der Waals surface area (Å²) in [6.07, 6.45) is 0. The monoisotopic (exact) mass is 410 g/mol. The van der Waals surface area contributed by atoms with Crippen molar-refractivity contribution in [1.29, 1.82) is 0 Å². The maximum Gasteiger partial charge on any atom is 0.261 e. The van der Waals surface area contributed by atoms with Crippen LogP contribution in [-0.4, -0.2) is 21.4 Å². The molecule has 3 aromatic carbocycles. The molecule has 0 aliphatic heterocycles. The molecule has 0 fully saturated rings. The lowest BCUT2D eigenvalue weighted by molar-refractivity contribution is 0.102. The number of carbonyl (C=O) groups excluding carboxylic acids is 1. The summed E-state index contributed by atoms with van der Waals surface area (Å²) in [6, 6.07) is 18.2. The lowest BCUT2D eigenvalue weighted by Gasteiger charge is -2.12. The molecule has 6 nitrogen and oxygen atoms in total. The van der Waals surface area contributed by atoms with Gasteiger partial charge in [0.15, 0.2) is 0 Å². The Morgan fingerprint density at radius 2 is 1.66 bits per heavy atom. The van der Waals surface area contributed by atoms with Gasteiger partial charge < -0.3 is 10.1 Å². The zero-order valence-corrected chi connectivity index (χ0v) is 17.2. The van der Waals surface area contributed by atoms with Crippen LogP contribution in [0.2, 0.25) is 0 Å². The van der Waals surface area contributed by atoms with Crippen molar-refractivity contribution in [3.05, 3.63) is 83.4 Å². The third-order valence-electron chi connectivity index (χ3n) is 4.39. The summed E-state index contributed by atoms with van der Waals surface area (Å²) in [5.74, 6) is 0.248. The molecular formula is C22H22N2O4S. The first-order chi connectivity index (χ1) is 13.8. The van der Waals surface area contributed by atoms with E-state index < -0.39 is 10.0 Å². The molecule has 0 aromatic heterocycles. The molecule has 0 unspecified atom stereocenters. The molecule has 29 heavy (non-hydrogen) atoms. The van der Waals surface area contributed by atoms with Crippen molar-refractivity contribution >= 4 is 27.3 Å². The Balaban J connectivity index is 1.81. The summed E-state index contributed by atoms with van der Waals surface area (Å²) in [6.45, 7) is 3.84. The molecule has 2 N–H and O–H groups in total. The fourth-order valence-electron chi connectivity index (χ4n) is 2.74. The fraction of sp³-hybridized carbons (Fsp3) is 0.136. The molecule has 1 amide bonds. The highest BCUT2D eigenvalue weighted by atomic mass is 32.2. The lowest BCUT2D eigenvalue weighted by atomic mass is 10.1. The second-order valence-electron chi connectivity index (χ2n) is 6.63. The van der Waals surface area contributed by atoms with Gasteiger partial charge in [0.05, 0.1) is 12.0 Å². The number of carbonyl (C=O) groups is 1. The van der Waals surface area contributed by atoms with Crippen LogP contribution >= 0.6 is 0 Å². The number of hydrogen-bond donors (Lipinski definition) is 2. The summed E-state index contributed by atoms with van der Waals surface area (Å²) in [5.41, 5.74) is 3.29. The van der Waals surface area contributed by atoms with Gasteiger partial charge >= 0.3 is 0 Å². The predicted molar refractivity (Wildman–Crippen MR) is 114 cm³/mol. The largest absolute Gasteiger partial charge is 0.497 e. The van der Waals surface area contributed by atoms with Crippen LogP contribution < -0.4 is 14.8 Å². The maximum absolute atomic E-state index is 12.7. The Morgan fingerprint density at radius 1 is 0.931 bits per heavy atom. The smallest absolute Gasteiger partial charge is 0.261 e. The fourth-order valence-corrected chi connectivity index (χ4v) is 3.85. The van der Waals surface area contributed by atoms with Crippen molar-refractivity contribution in [3.63, 3.8) is 0 Å². The summed E-state index contributed by atoms with van der Waals surface area (Å²) in [4.78, 5) is 12.6. The number of hydrogen-bond acceptors (Lipinski definition) is 4. The van der Waals surface area contributed by atoms with Crippen LogP contribution in [0.5, 0.6) is 5.75 Å². The quantitative estimate of drug-likeness (QED) is 0.632. The van der Waals surface area contributed by atoms with Crippen molar-refractivity contribution in [2.24, 2.45) is 0 Å². The number of aryl methyl sites for hydroxylation is 2. The third-order valence-corrected chi connectivity index (χ3v) is 5.77. The highest BCUT2D eigenvalue weighted by Gasteiger charge is 2.17. The van der Waals surface area contributed by atoms with Gasteiger partial charge in [-0.05, 0) is 73.5 Å². The Labute approximate surface area is 170 Å². The molecule has 3 aromatic rings. The maximum atomic E-state index is 12.7. The van der Waals surface area contributed by atoms with E-state index in [9.17, 15) is 13.2 Å². The van der Waals surface area contributed by atoms with Crippen molar-refractivity contribution in [1.82, 2.24) is 0 Å². The van der Waals surface area contributed by atoms with Gasteiger partial charge in [-0.15, -0.1) is 0 Å². The van der Waals surface area contributed by atoms with Gasteiger partial charge in [0.2, 0.25) is 0 Å². The minimum absolute atomic E-state index is 0.00179. The molecule has 0 saturated carbocycles. The molecule has 0 aliphatic rings. The van der Waals surface area contributed by atoms with Crippen LogP contribution in [0.25, 0.3) is 0 Å². The zero-order valence-electron chi connectivity index (χ0n) is 16.4. The van der Waals surface area contributed by atoms with E-state index in [2.05, 4.69) is 10.0 Å². The highest BCUT2D eigenvalue weighted by molar-refractivity contribution is 7.92. The Hall–Kier alpha value is -3.32. The summed E-state index contributed by atoms with van der Waals surface area (Å²) in [5, 5.41) is 2.84. The van der Waals surface area contributed by atoms with Gasteiger partial charge in [0.1, 0.15) is 5.75 Å². The average molecular weight is 410 g/mol. The summed E-state index contributed by atoms with van der Waals surface area (Å²) >= 11 is 0. The average Bonchev–Trinajstić information content (AvgIpc) is 2.71. The van der Waals surface area contributed by atoms with E-state index in [1.165, 1.54) is 19.2 Å². The van der Waals surface area contributed by atoms with E-state index in [-0.39, 0.29) is 16.4 Å². The number of rotatable bonds is 6. The topological polar surface area (TPSA) is 84.5 Å². The van der Waals surface area contributed by atoms with Crippen LogP contribution in [0.1, 0.15) is 21.5 Å². The molecule has 0 radical (unpaired) electrons. The van der Waals surface area contributed by atoms with Crippen molar-refractivity contribution in [2.75, 3.05) is 17.1 Å². The van der Waals surface area contributed by atoms with E-state index in [1.54, 1.807) is 36.4 Å². The van der Waals surface area contributed by atoms with Gasteiger partial charge in [-0.25, -0.2) is 8.42 Å². The highest BCUT2D eigenvalue weighted by Crippen LogP contribution is 2.21. The van der Waals surface area contributed by atoms with E-state index in [1.807, 2.05) is 32.0 Å². The normalized spacial score (nSPS) is 11.0. The van der Waals surface area contributed by atoms with Crippen molar-refractivity contribution in [3.8, 4) is 5.75 Å². The molecule has 3 rings (SSSR count). The number of nitrogens with one attached hydrogen (secondary N) is 2. The number of anilines is 2. The summed E-state index contributed by atoms with van der Waals surface area (Å²) < 4.78 is 33.0. The second kappa shape index (κ2) is 8.36. The minimum Gasteiger partial charge on any atom is -0.497 e. The van der Waals surface area contributed by atoms with Gasteiger partial charge in [-0.1, -0.05) is 18.2 Å². The Kier molecular flexibility index (Phi) is 5.89. The van der Waals surface area contributed by atoms with Crippen LogP contribution in [-0.2, 0) is 10.0 Å². The molecule has 0 bridgehead atoms. The number of sulfonamides is 1. The minimum atomic E-state index is -3.85. The number of benzene rings is 3. The van der Waals surface area contributed by atoms with Crippen LogP contribution in [0.3, 0.4) is 0 Å². The van der Waals surface area contributed by atoms with Gasteiger partial charge in [0, 0.05) is 16.9 Å². The molecular weight excluding hydrogens is 388 g/mol. The van der Waals surface area contributed by atoms with Gasteiger partial charge in [-0.3, -0.25) is 9.52 Å². The molecule has 0 aliphatic carbocycles. The van der Waals surface area contributed by atoms with Crippen LogP contribution in [0.15, 0.2) is 71.6 Å². The standard InChI is InChI=1S/C22H22N2O4S/c1-15-7-8-16(2)21(13-15)23-22(25)17-5-4-6-20(14-17)29(26,27)24-18-9-11-19(28-3)12-10-18/h4-14,24H,1-3H3,(H,23,25). The van der Waals surface area contributed by atoms with Crippen molar-refractivity contribution < 1.29 is 17.9 Å². The van der Waals surface area contributed by atoms with Crippen LogP contribution in [0, 0.1) is 13.8 Å². The second-order valence-corrected chi connectivity index (χ2v) is 8.32. The van der Waals surface area contributed by atoms with Gasteiger partial charge in [-0.2, -0.15) is 0 Å². The van der Waals surface area contributed by atoms with Gasteiger partial charge in [0.25, 0.3) is 15.9 Å². The first-order valence-electron chi connectivity index (χ1n) is 8.94. The third kappa shape index (κ3) is 4.94. The number of methoxy groups -OCH3 is 1. The lowest BCUT2D eigenvalue weighted by Crippen LogP contribution is -2.16. The number of amides is 1. The first kappa shape index (κ1) is 20.4. The molecule has 150 valence electrons. The molecule has 0 atom stereocenters. The summed E-state index contributed by atoms with van der Waals surface area (Å²) in [7, 11) is -2.31. The SMILES string of the molecule is COc1ccc(NS(=O)(=O)c2cccc(C(=O)Nc3cc(C)ccc3C)c2)cc1. The Morgan fingerprint density at radius 3 is 2.34 bits per heavy atom. The van der Waals surface area contributed by atoms with E-state index in [4.69, 9.17) is 4.74 Å². The molecule has 0 spiro atoms.